The smallest absolute Gasteiger partial charge is 0.448 e. The van der Waals surface area contributed by atoms with Gasteiger partial charge in [0, 0.05) is 18.9 Å². The standard InChI is InChI=1S/C16H20NO8P/c1-9(10-2-4-11(18)5-3-10)8-16(21,22)15-13(17-26(23,24)25)6-12(19)7-14(15)20/h2-5,7,9,18-22H,6,8H2,1H3,(H2,23,24,25). The maximum absolute atomic E-state index is 11.2. The molecule has 0 amide bonds. The van der Waals surface area contributed by atoms with Gasteiger partial charge in [0.15, 0.2) is 5.79 Å². The third-order valence-electron chi connectivity index (χ3n) is 3.90. The van der Waals surface area contributed by atoms with Crippen LogP contribution >= 0.6 is 7.75 Å². The molecule has 1 atom stereocenters. The van der Waals surface area contributed by atoms with Crippen LogP contribution in [0.3, 0.4) is 0 Å². The minimum atomic E-state index is -4.94. The van der Waals surface area contributed by atoms with E-state index in [0.717, 1.165) is 6.08 Å². The zero-order chi connectivity index (χ0) is 19.7. The van der Waals surface area contributed by atoms with E-state index in [4.69, 9.17) is 9.79 Å². The zero-order valence-corrected chi connectivity index (χ0v) is 14.7. The van der Waals surface area contributed by atoms with Gasteiger partial charge in [-0.3, -0.25) is 0 Å². The first-order valence-corrected chi connectivity index (χ1v) is 9.17. The molecule has 0 aromatic heterocycles. The number of benzene rings is 1. The Bertz CT molecular complexity index is 819. The van der Waals surface area contributed by atoms with Crippen LogP contribution in [0.1, 0.15) is 31.2 Å². The molecule has 0 saturated heterocycles. The van der Waals surface area contributed by atoms with Crippen molar-refractivity contribution in [1.29, 1.82) is 0 Å². The molecule has 142 valence electrons. The van der Waals surface area contributed by atoms with Gasteiger partial charge in [0.1, 0.15) is 17.3 Å². The van der Waals surface area contributed by atoms with Crippen molar-refractivity contribution < 1.29 is 39.9 Å². The molecule has 0 spiro atoms. The lowest BCUT2D eigenvalue weighted by Crippen LogP contribution is -2.38. The van der Waals surface area contributed by atoms with Crippen molar-refractivity contribution in [2.45, 2.75) is 31.5 Å². The van der Waals surface area contributed by atoms with Crippen molar-refractivity contribution in [3.63, 3.8) is 0 Å². The highest BCUT2D eigenvalue weighted by atomic mass is 31.2. The van der Waals surface area contributed by atoms with E-state index in [2.05, 4.69) is 4.76 Å². The Morgan fingerprint density at radius 1 is 1.15 bits per heavy atom. The monoisotopic (exact) mass is 385 g/mol. The predicted octanol–water partition coefficient (Wildman–Crippen LogP) is 1.76. The van der Waals surface area contributed by atoms with Gasteiger partial charge in [0.2, 0.25) is 0 Å². The van der Waals surface area contributed by atoms with Gasteiger partial charge in [-0.2, -0.15) is 4.76 Å². The second-order valence-electron chi connectivity index (χ2n) is 6.15. The Hall–Kier alpha value is -2.16. The highest BCUT2D eigenvalue weighted by molar-refractivity contribution is 7.50. The normalized spacial score (nSPS) is 18.8. The van der Waals surface area contributed by atoms with E-state index in [9.17, 15) is 30.1 Å². The number of aliphatic hydroxyl groups excluding tert-OH is 2. The van der Waals surface area contributed by atoms with Gasteiger partial charge in [0.25, 0.3) is 0 Å². The number of phenols is 1. The van der Waals surface area contributed by atoms with E-state index in [-0.39, 0.29) is 12.2 Å². The maximum Gasteiger partial charge on any atom is 0.448 e. The molecule has 9 nitrogen and oxygen atoms in total. The van der Waals surface area contributed by atoms with Crippen molar-refractivity contribution in [2.24, 2.45) is 4.76 Å². The van der Waals surface area contributed by atoms with E-state index in [0.29, 0.717) is 5.56 Å². The molecule has 2 rings (SSSR count). The van der Waals surface area contributed by atoms with Crippen LogP contribution in [0, 0.1) is 0 Å². The lowest BCUT2D eigenvalue weighted by Gasteiger charge is -2.30. The summed E-state index contributed by atoms with van der Waals surface area (Å²) in [5, 5.41) is 49.9. The molecule has 26 heavy (non-hydrogen) atoms. The van der Waals surface area contributed by atoms with Crippen LogP contribution in [0.5, 0.6) is 5.75 Å². The minimum Gasteiger partial charge on any atom is -0.512 e. The van der Waals surface area contributed by atoms with Gasteiger partial charge in [-0.25, -0.2) is 4.57 Å². The van der Waals surface area contributed by atoms with E-state index in [1.165, 1.54) is 12.1 Å². The SMILES string of the molecule is CC(CC(O)(O)C1=C(O)C=C(O)CC1=NP(=O)(O)O)c1ccc(O)cc1. The van der Waals surface area contributed by atoms with Crippen LogP contribution in [-0.4, -0.2) is 46.8 Å². The molecule has 1 aliphatic rings. The molecule has 0 radical (unpaired) electrons. The van der Waals surface area contributed by atoms with Crippen molar-refractivity contribution in [3.05, 3.63) is 53.0 Å². The summed E-state index contributed by atoms with van der Waals surface area (Å²) >= 11 is 0. The third-order valence-corrected chi connectivity index (χ3v) is 4.40. The van der Waals surface area contributed by atoms with Crippen molar-refractivity contribution in [2.75, 3.05) is 0 Å². The first-order valence-electron chi connectivity index (χ1n) is 7.61. The number of aromatic hydroxyl groups is 1. The summed E-state index contributed by atoms with van der Waals surface area (Å²) in [6, 6.07) is 6.03. The van der Waals surface area contributed by atoms with Crippen LogP contribution in [0.15, 0.2) is 52.2 Å². The zero-order valence-electron chi connectivity index (χ0n) is 13.8. The second kappa shape index (κ2) is 7.22. The molecule has 0 aliphatic heterocycles. The summed E-state index contributed by atoms with van der Waals surface area (Å²) in [6.07, 6.45) is 0.0490. The van der Waals surface area contributed by atoms with Crippen molar-refractivity contribution in [1.82, 2.24) is 0 Å². The first-order chi connectivity index (χ1) is 11.9. The maximum atomic E-state index is 11.2. The number of nitrogens with zero attached hydrogens (tertiary/aromatic N) is 1. The van der Waals surface area contributed by atoms with Gasteiger partial charge < -0.3 is 35.3 Å². The number of rotatable bonds is 5. The lowest BCUT2D eigenvalue weighted by molar-refractivity contribution is -0.133. The van der Waals surface area contributed by atoms with Crippen LogP contribution in [0.4, 0.5) is 0 Å². The number of phenolic OH excluding ortho intramolecular Hbond substituents is 1. The second-order valence-corrected chi connectivity index (χ2v) is 7.37. The summed E-state index contributed by atoms with van der Waals surface area (Å²) < 4.78 is 14.3. The largest absolute Gasteiger partial charge is 0.512 e. The van der Waals surface area contributed by atoms with Crippen molar-refractivity contribution in [3.8, 4) is 5.75 Å². The summed E-state index contributed by atoms with van der Waals surface area (Å²) in [6.45, 7) is 1.67. The molecule has 10 heteroatoms. The Labute approximate surface area is 149 Å². The molecule has 1 aliphatic carbocycles. The van der Waals surface area contributed by atoms with Gasteiger partial charge >= 0.3 is 7.75 Å². The fourth-order valence-corrected chi connectivity index (χ4v) is 3.30. The molecule has 1 aromatic rings. The number of allylic oxidation sites excluding steroid dienone is 2. The summed E-state index contributed by atoms with van der Waals surface area (Å²) in [7, 11) is -4.94. The lowest BCUT2D eigenvalue weighted by atomic mass is 9.85. The highest BCUT2D eigenvalue weighted by Crippen LogP contribution is 2.41. The fraction of sp³-hybridized carbons (Fsp3) is 0.312. The first kappa shape index (κ1) is 20.2. The van der Waals surface area contributed by atoms with Crippen LogP contribution in [-0.2, 0) is 4.57 Å². The van der Waals surface area contributed by atoms with Crippen LogP contribution in [0.2, 0.25) is 0 Å². The van der Waals surface area contributed by atoms with E-state index < -0.39 is 48.7 Å². The highest BCUT2D eigenvalue weighted by Gasteiger charge is 2.39. The van der Waals surface area contributed by atoms with E-state index in [1.807, 2.05) is 0 Å². The Morgan fingerprint density at radius 2 is 1.73 bits per heavy atom. The fourth-order valence-electron chi connectivity index (χ4n) is 2.82. The van der Waals surface area contributed by atoms with Gasteiger partial charge in [-0.1, -0.05) is 19.1 Å². The Balaban J connectivity index is 2.40. The molecule has 1 aromatic carbocycles. The number of hydrogen-bond acceptors (Lipinski definition) is 6. The summed E-state index contributed by atoms with van der Waals surface area (Å²) in [5.41, 5.74) is -0.430. The van der Waals surface area contributed by atoms with Gasteiger partial charge in [0.05, 0.1) is 11.3 Å². The average molecular weight is 385 g/mol. The molecule has 0 bridgehead atoms. The number of hydrogen-bond donors (Lipinski definition) is 7. The van der Waals surface area contributed by atoms with Crippen molar-refractivity contribution >= 4 is 13.5 Å². The number of aliphatic hydroxyl groups is 4. The molecule has 1 unspecified atom stereocenters. The van der Waals surface area contributed by atoms with Crippen LogP contribution < -0.4 is 0 Å². The minimum absolute atomic E-state index is 0.0459. The Kier molecular flexibility index (Phi) is 5.60. The quantitative estimate of drug-likeness (QED) is 0.297. The predicted molar refractivity (Wildman–Crippen MR) is 92.8 cm³/mol. The topological polar surface area (TPSA) is 171 Å². The average Bonchev–Trinajstić information content (AvgIpc) is 2.44. The molecule has 0 fully saturated rings. The van der Waals surface area contributed by atoms with E-state index >= 15 is 0 Å². The molecular formula is C16H20NO8P. The Morgan fingerprint density at radius 3 is 2.27 bits per heavy atom. The third kappa shape index (κ3) is 4.94. The molecule has 7 N–H and O–H groups in total. The molecule has 0 heterocycles. The van der Waals surface area contributed by atoms with Gasteiger partial charge in [-0.15, -0.1) is 0 Å². The van der Waals surface area contributed by atoms with Gasteiger partial charge in [-0.05, 0) is 23.6 Å². The summed E-state index contributed by atoms with van der Waals surface area (Å²) in [5.74, 6) is -4.26. The summed E-state index contributed by atoms with van der Waals surface area (Å²) in [4.78, 5) is 18.1. The molecule has 0 saturated carbocycles. The van der Waals surface area contributed by atoms with E-state index in [1.54, 1.807) is 19.1 Å². The molecular weight excluding hydrogens is 365 g/mol. The van der Waals surface area contributed by atoms with Crippen LogP contribution in [0.25, 0.3) is 0 Å².